The maximum Gasteiger partial charge on any atom is 0.490 e. The van der Waals surface area contributed by atoms with Crippen LogP contribution < -0.4 is 0 Å². The molecule has 0 amide bonds. The van der Waals surface area contributed by atoms with Gasteiger partial charge in [0.15, 0.2) is 0 Å². The average Bonchev–Trinajstić information content (AvgIpc) is 3.15. The second kappa shape index (κ2) is 9.40. The van der Waals surface area contributed by atoms with Gasteiger partial charge in [0.25, 0.3) is 0 Å². The minimum Gasteiger partial charge on any atom is -0.475 e. The Kier molecular flexibility index (Phi) is 7.45. The first-order valence-electron chi connectivity index (χ1n) is 8.58. The second-order valence-corrected chi connectivity index (χ2v) is 6.89. The van der Waals surface area contributed by atoms with Gasteiger partial charge in [-0.15, -0.1) is 0 Å². The molecular weight excluding hydrogens is 399 g/mol. The van der Waals surface area contributed by atoms with Crippen LogP contribution in [-0.2, 0) is 16.9 Å². The van der Waals surface area contributed by atoms with Gasteiger partial charge in [0, 0.05) is 37.1 Å². The summed E-state index contributed by atoms with van der Waals surface area (Å²) in [4.78, 5) is 11.3. The molecule has 2 heterocycles. The van der Waals surface area contributed by atoms with Crippen LogP contribution in [0.2, 0.25) is 5.02 Å². The molecule has 1 saturated heterocycles. The Morgan fingerprint density at radius 2 is 1.75 bits per heavy atom. The molecule has 0 bridgehead atoms. The lowest BCUT2D eigenvalue weighted by Crippen LogP contribution is -2.43. The Balaban J connectivity index is 0.000000345. The zero-order chi connectivity index (χ0) is 20.8. The zero-order valence-electron chi connectivity index (χ0n) is 14.9. The number of carboxylic acids is 1. The summed E-state index contributed by atoms with van der Waals surface area (Å²) in [6.07, 6.45) is 0.213. The van der Waals surface area contributed by atoms with Gasteiger partial charge in [0.2, 0.25) is 0 Å². The Labute approximate surface area is 165 Å². The molecule has 154 valence electrons. The van der Waals surface area contributed by atoms with Gasteiger partial charge in [0.05, 0.1) is 12.1 Å². The molecule has 2 aromatic rings. The lowest BCUT2D eigenvalue weighted by Gasteiger charge is -2.38. The minimum absolute atomic E-state index is 0.707. The van der Waals surface area contributed by atoms with Crippen LogP contribution in [0.4, 0.5) is 13.2 Å². The molecule has 0 radical (unpaired) electrons. The van der Waals surface area contributed by atoms with Crippen molar-refractivity contribution in [3.05, 3.63) is 53.3 Å². The van der Waals surface area contributed by atoms with Crippen LogP contribution in [0.1, 0.15) is 18.4 Å². The number of halogens is 4. The summed E-state index contributed by atoms with van der Waals surface area (Å²) in [5.74, 6) is -2.76. The van der Waals surface area contributed by atoms with Gasteiger partial charge in [0.1, 0.15) is 0 Å². The van der Waals surface area contributed by atoms with Gasteiger partial charge >= 0.3 is 12.1 Å². The number of piperidine rings is 1. The fourth-order valence-electron chi connectivity index (χ4n) is 2.87. The zero-order valence-corrected chi connectivity index (χ0v) is 15.7. The highest BCUT2D eigenvalue weighted by Crippen LogP contribution is 2.33. The predicted molar refractivity (Wildman–Crippen MR) is 96.9 cm³/mol. The minimum atomic E-state index is -5.08. The van der Waals surface area contributed by atoms with Crippen LogP contribution in [0.5, 0.6) is 0 Å². The van der Waals surface area contributed by atoms with E-state index >= 15 is 0 Å². The SMILES string of the molecule is O=C(O)C(F)(F)F.OC1(c2ccc(Cl)cc2)CCN(CCn2cccn2)CC1. The molecule has 0 atom stereocenters. The lowest BCUT2D eigenvalue weighted by molar-refractivity contribution is -0.192. The summed E-state index contributed by atoms with van der Waals surface area (Å²) in [7, 11) is 0. The Morgan fingerprint density at radius 3 is 2.21 bits per heavy atom. The quantitative estimate of drug-likeness (QED) is 0.796. The van der Waals surface area contributed by atoms with Crippen LogP contribution >= 0.6 is 11.6 Å². The number of nitrogens with zero attached hydrogens (tertiary/aromatic N) is 3. The maximum absolute atomic E-state index is 10.8. The first kappa shape index (κ1) is 22.2. The highest BCUT2D eigenvalue weighted by molar-refractivity contribution is 6.30. The molecule has 3 rings (SSSR count). The normalized spacial score (nSPS) is 16.9. The number of aliphatic carboxylic acids is 1. The largest absolute Gasteiger partial charge is 0.490 e. The van der Waals surface area contributed by atoms with E-state index in [-0.39, 0.29) is 0 Å². The molecule has 0 aliphatic carbocycles. The third-order valence-electron chi connectivity index (χ3n) is 4.51. The maximum atomic E-state index is 10.8. The van der Waals surface area contributed by atoms with E-state index in [1.54, 1.807) is 6.20 Å². The van der Waals surface area contributed by atoms with Crippen LogP contribution in [-0.4, -0.2) is 56.7 Å². The van der Waals surface area contributed by atoms with Gasteiger partial charge in [-0.25, -0.2) is 4.79 Å². The van der Waals surface area contributed by atoms with Crippen LogP contribution in [0, 0.1) is 0 Å². The van der Waals surface area contributed by atoms with E-state index < -0.39 is 17.7 Å². The van der Waals surface area contributed by atoms with Crippen molar-refractivity contribution >= 4 is 17.6 Å². The number of alkyl halides is 3. The van der Waals surface area contributed by atoms with Gasteiger partial charge in [-0.2, -0.15) is 18.3 Å². The van der Waals surface area contributed by atoms with Crippen molar-refractivity contribution < 1.29 is 28.2 Å². The van der Waals surface area contributed by atoms with Crippen molar-refractivity contribution in [2.45, 2.75) is 31.2 Å². The monoisotopic (exact) mass is 419 g/mol. The Hall–Kier alpha value is -2.10. The van der Waals surface area contributed by atoms with Crippen molar-refractivity contribution in [2.75, 3.05) is 19.6 Å². The van der Waals surface area contributed by atoms with Crippen molar-refractivity contribution in [2.24, 2.45) is 0 Å². The number of aromatic nitrogens is 2. The molecule has 0 spiro atoms. The van der Waals surface area contributed by atoms with Crippen LogP contribution in [0.15, 0.2) is 42.7 Å². The van der Waals surface area contributed by atoms with E-state index in [2.05, 4.69) is 10.00 Å². The van der Waals surface area contributed by atoms with Gasteiger partial charge in [-0.3, -0.25) is 4.68 Å². The summed E-state index contributed by atoms with van der Waals surface area (Å²) < 4.78 is 33.7. The highest BCUT2D eigenvalue weighted by atomic mass is 35.5. The molecule has 6 nitrogen and oxygen atoms in total. The number of hydrogen-bond donors (Lipinski definition) is 2. The number of carboxylic acid groups (broad SMARTS) is 1. The molecular formula is C18H21ClF3N3O3. The first-order chi connectivity index (χ1) is 13.1. The third kappa shape index (κ3) is 6.50. The van der Waals surface area contributed by atoms with E-state index in [0.717, 1.165) is 44.6 Å². The van der Waals surface area contributed by atoms with E-state index in [9.17, 15) is 18.3 Å². The van der Waals surface area contributed by atoms with Gasteiger partial charge in [-0.1, -0.05) is 23.7 Å². The predicted octanol–water partition coefficient (Wildman–Crippen LogP) is 3.15. The summed E-state index contributed by atoms with van der Waals surface area (Å²) in [5.41, 5.74) is 0.255. The smallest absolute Gasteiger partial charge is 0.475 e. The van der Waals surface area contributed by atoms with E-state index in [1.807, 2.05) is 41.2 Å². The number of aliphatic hydroxyl groups is 1. The summed E-state index contributed by atoms with van der Waals surface area (Å²) >= 11 is 5.91. The van der Waals surface area contributed by atoms with Crippen molar-refractivity contribution in [3.8, 4) is 0 Å². The molecule has 0 saturated carbocycles. The van der Waals surface area contributed by atoms with Crippen LogP contribution in [0.3, 0.4) is 0 Å². The molecule has 1 aromatic heterocycles. The fraction of sp³-hybridized carbons (Fsp3) is 0.444. The average molecular weight is 420 g/mol. The van der Waals surface area contributed by atoms with Crippen molar-refractivity contribution in [3.63, 3.8) is 0 Å². The molecule has 1 aliphatic heterocycles. The highest BCUT2D eigenvalue weighted by Gasteiger charge is 2.38. The summed E-state index contributed by atoms with van der Waals surface area (Å²) in [6.45, 7) is 3.67. The molecule has 1 fully saturated rings. The fourth-order valence-corrected chi connectivity index (χ4v) is 3.00. The van der Waals surface area contributed by atoms with Crippen molar-refractivity contribution in [1.82, 2.24) is 14.7 Å². The Morgan fingerprint density at radius 1 is 1.18 bits per heavy atom. The molecule has 0 unspecified atom stereocenters. The number of hydrogen-bond acceptors (Lipinski definition) is 4. The first-order valence-corrected chi connectivity index (χ1v) is 8.96. The topological polar surface area (TPSA) is 78.6 Å². The number of rotatable bonds is 4. The number of carbonyl (C=O) groups is 1. The van der Waals surface area contributed by atoms with Crippen LogP contribution in [0.25, 0.3) is 0 Å². The summed E-state index contributed by atoms with van der Waals surface area (Å²) in [6, 6.07) is 9.50. The lowest BCUT2D eigenvalue weighted by atomic mass is 9.84. The van der Waals surface area contributed by atoms with Gasteiger partial charge < -0.3 is 15.1 Å². The molecule has 28 heavy (non-hydrogen) atoms. The van der Waals surface area contributed by atoms with E-state index in [1.165, 1.54) is 0 Å². The Bertz CT molecular complexity index is 744. The van der Waals surface area contributed by atoms with Gasteiger partial charge in [-0.05, 0) is 36.6 Å². The van der Waals surface area contributed by atoms with E-state index in [0.29, 0.717) is 5.02 Å². The number of benzene rings is 1. The van der Waals surface area contributed by atoms with E-state index in [4.69, 9.17) is 21.5 Å². The molecule has 1 aromatic carbocycles. The number of likely N-dealkylation sites (tertiary alicyclic amines) is 1. The molecule has 1 aliphatic rings. The second-order valence-electron chi connectivity index (χ2n) is 6.45. The summed E-state index contributed by atoms with van der Waals surface area (Å²) in [5, 5.41) is 22.9. The van der Waals surface area contributed by atoms with Crippen molar-refractivity contribution in [1.29, 1.82) is 0 Å². The standard InChI is InChI=1S/C16H20ClN3O.C2HF3O2/c17-15-4-2-14(3-5-15)16(21)6-10-19(11-7-16)12-13-20-9-1-8-18-20;3-2(4,5)1(6)7/h1-5,8-9,21H,6-7,10-13H2;(H,6,7). The molecule has 10 heteroatoms. The third-order valence-corrected chi connectivity index (χ3v) is 4.76. The molecule has 2 N–H and O–H groups in total.